The van der Waals surface area contributed by atoms with E-state index in [1.807, 2.05) is 18.2 Å². The van der Waals surface area contributed by atoms with Crippen molar-refractivity contribution >= 4 is 40.7 Å². The molecule has 31 heavy (non-hydrogen) atoms. The van der Waals surface area contributed by atoms with Crippen molar-refractivity contribution in [3.63, 3.8) is 0 Å². The molecule has 1 aliphatic rings. The first kappa shape index (κ1) is 22.1. The summed E-state index contributed by atoms with van der Waals surface area (Å²) in [6.45, 7) is 2.54. The summed E-state index contributed by atoms with van der Waals surface area (Å²) in [6.07, 6.45) is 1.55. The molecule has 4 rings (SSSR count). The van der Waals surface area contributed by atoms with Crippen LogP contribution in [-0.4, -0.2) is 34.0 Å². The summed E-state index contributed by atoms with van der Waals surface area (Å²) in [5.41, 5.74) is 1.71. The number of carbonyl (C=O) groups excluding carboxylic acids is 1. The van der Waals surface area contributed by atoms with E-state index in [1.165, 1.54) is 0 Å². The van der Waals surface area contributed by atoms with E-state index in [0.29, 0.717) is 39.9 Å². The van der Waals surface area contributed by atoms with Crippen molar-refractivity contribution in [3.05, 3.63) is 69.0 Å². The molecule has 0 aliphatic carbocycles. The van der Waals surface area contributed by atoms with Crippen LogP contribution in [0.3, 0.4) is 0 Å². The minimum absolute atomic E-state index is 0.0189. The van der Waals surface area contributed by atoms with Crippen LogP contribution in [0, 0.1) is 5.92 Å². The number of piperidine rings is 1. The van der Waals surface area contributed by atoms with Gasteiger partial charge in [-0.1, -0.05) is 46.0 Å². The molecule has 2 heterocycles. The van der Waals surface area contributed by atoms with Crippen LogP contribution in [-0.2, 0) is 17.9 Å². The van der Waals surface area contributed by atoms with E-state index in [4.69, 9.17) is 39.3 Å². The van der Waals surface area contributed by atoms with Crippen molar-refractivity contribution in [1.82, 2.24) is 20.4 Å². The fraction of sp³-hybridized carbons (Fsp3) is 0.318. The van der Waals surface area contributed by atoms with E-state index >= 15 is 0 Å². The number of nitrogens with zero attached hydrogens (tertiary/aromatic N) is 3. The number of carbonyl (C=O) groups is 1. The number of amides is 1. The molecule has 1 aromatic heterocycles. The molecule has 0 radical (unpaired) electrons. The maximum Gasteiger partial charge on any atom is 0.241 e. The molecule has 6 nitrogen and oxygen atoms in total. The average molecular weight is 480 g/mol. The van der Waals surface area contributed by atoms with Gasteiger partial charge < -0.3 is 9.84 Å². The first-order chi connectivity index (χ1) is 15.0. The molecule has 162 valence electrons. The molecule has 0 spiro atoms. The summed E-state index contributed by atoms with van der Waals surface area (Å²) in [7, 11) is 0. The van der Waals surface area contributed by atoms with Gasteiger partial charge in [-0.15, -0.1) is 0 Å². The minimum Gasteiger partial charge on any atom is -0.352 e. The van der Waals surface area contributed by atoms with Gasteiger partial charge >= 0.3 is 0 Å². The SMILES string of the molecule is O=C(NCc1ccc(Cl)cc1Cl)C1CCN(Cc2nc(-c3ccc(Cl)cc3)no2)CC1. The van der Waals surface area contributed by atoms with Gasteiger partial charge in [-0.3, -0.25) is 9.69 Å². The highest BCUT2D eigenvalue weighted by Crippen LogP contribution is 2.23. The van der Waals surface area contributed by atoms with E-state index in [1.54, 1.807) is 24.3 Å². The number of benzene rings is 2. The quantitative estimate of drug-likeness (QED) is 0.524. The van der Waals surface area contributed by atoms with Crippen molar-refractivity contribution in [2.75, 3.05) is 13.1 Å². The van der Waals surface area contributed by atoms with Crippen molar-refractivity contribution in [3.8, 4) is 11.4 Å². The molecule has 0 saturated carbocycles. The van der Waals surface area contributed by atoms with Crippen LogP contribution in [0.4, 0.5) is 0 Å². The van der Waals surface area contributed by atoms with Gasteiger partial charge in [-0.05, 0) is 67.9 Å². The molecule has 1 fully saturated rings. The third-order valence-corrected chi connectivity index (χ3v) is 6.19. The average Bonchev–Trinajstić information content (AvgIpc) is 3.22. The first-order valence-corrected chi connectivity index (χ1v) is 11.1. The Morgan fingerprint density at radius 2 is 1.77 bits per heavy atom. The standard InChI is InChI=1S/C22H21Cl3N4O2/c23-17-4-1-14(2-5-17)21-27-20(31-28-21)13-29-9-7-15(8-10-29)22(30)26-12-16-3-6-18(24)11-19(16)25/h1-6,11,15H,7-10,12-13H2,(H,26,30). The Labute approximate surface area is 195 Å². The third kappa shape index (κ3) is 5.77. The predicted molar refractivity (Wildman–Crippen MR) is 121 cm³/mol. The number of nitrogens with one attached hydrogen (secondary N) is 1. The van der Waals surface area contributed by atoms with Crippen LogP contribution in [0.2, 0.25) is 15.1 Å². The Bertz CT molecular complexity index is 1050. The lowest BCUT2D eigenvalue weighted by Crippen LogP contribution is -2.40. The molecule has 0 bridgehead atoms. The summed E-state index contributed by atoms with van der Waals surface area (Å²) >= 11 is 18.0. The molecular formula is C22H21Cl3N4O2. The molecule has 9 heteroatoms. The number of hydrogen-bond acceptors (Lipinski definition) is 5. The molecule has 1 saturated heterocycles. The first-order valence-electron chi connectivity index (χ1n) is 10.0. The largest absolute Gasteiger partial charge is 0.352 e. The lowest BCUT2D eigenvalue weighted by Gasteiger charge is -2.30. The maximum absolute atomic E-state index is 12.5. The summed E-state index contributed by atoms with van der Waals surface area (Å²) in [6, 6.07) is 12.6. The van der Waals surface area contributed by atoms with Crippen LogP contribution >= 0.6 is 34.8 Å². The lowest BCUT2D eigenvalue weighted by molar-refractivity contribution is -0.126. The molecule has 2 aromatic carbocycles. The Morgan fingerprint density at radius 3 is 2.48 bits per heavy atom. The second-order valence-corrected chi connectivity index (χ2v) is 8.80. The molecule has 1 amide bonds. The van der Waals surface area contributed by atoms with E-state index in [-0.39, 0.29) is 11.8 Å². The topological polar surface area (TPSA) is 71.3 Å². The van der Waals surface area contributed by atoms with Gasteiger partial charge in [0.1, 0.15) is 0 Å². The second kappa shape index (κ2) is 10.0. The Morgan fingerprint density at radius 1 is 1.06 bits per heavy atom. The Balaban J connectivity index is 1.25. The van der Waals surface area contributed by atoms with Crippen LogP contribution in [0.15, 0.2) is 47.0 Å². The highest BCUT2D eigenvalue weighted by molar-refractivity contribution is 6.35. The summed E-state index contributed by atoms with van der Waals surface area (Å²) in [5, 5.41) is 8.83. The monoisotopic (exact) mass is 478 g/mol. The smallest absolute Gasteiger partial charge is 0.241 e. The van der Waals surface area contributed by atoms with Gasteiger partial charge in [0, 0.05) is 33.1 Å². The third-order valence-electron chi connectivity index (χ3n) is 5.36. The summed E-state index contributed by atoms with van der Waals surface area (Å²) in [4.78, 5) is 19.2. The number of halogens is 3. The zero-order valence-electron chi connectivity index (χ0n) is 16.7. The normalized spacial score (nSPS) is 15.2. The predicted octanol–water partition coefficient (Wildman–Crippen LogP) is 5.23. The maximum atomic E-state index is 12.5. The molecule has 1 aliphatic heterocycles. The number of rotatable bonds is 6. The van der Waals surface area contributed by atoms with E-state index in [2.05, 4.69) is 20.4 Å². The van der Waals surface area contributed by atoms with Crippen molar-refractivity contribution in [2.24, 2.45) is 5.92 Å². The highest BCUT2D eigenvalue weighted by atomic mass is 35.5. The van der Waals surface area contributed by atoms with Gasteiger partial charge in [-0.2, -0.15) is 4.98 Å². The van der Waals surface area contributed by atoms with Crippen LogP contribution in [0.25, 0.3) is 11.4 Å². The van der Waals surface area contributed by atoms with Gasteiger partial charge in [0.25, 0.3) is 0 Å². The number of likely N-dealkylation sites (tertiary alicyclic amines) is 1. The molecule has 1 N–H and O–H groups in total. The highest BCUT2D eigenvalue weighted by Gasteiger charge is 2.26. The van der Waals surface area contributed by atoms with Crippen LogP contribution < -0.4 is 5.32 Å². The van der Waals surface area contributed by atoms with Gasteiger partial charge in [0.2, 0.25) is 17.6 Å². The van der Waals surface area contributed by atoms with E-state index < -0.39 is 0 Å². The van der Waals surface area contributed by atoms with Crippen molar-refractivity contribution in [2.45, 2.75) is 25.9 Å². The van der Waals surface area contributed by atoms with Gasteiger partial charge in [-0.25, -0.2) is 0 Å². The van der Waals surface area contributed by atoms with Gasteiger partial charge in [0.15, 0.2) is 0 Å². The van der Waals surface area contributed by atoms with Gasteiger partial charge in [0.05, 0.1) is 6.54 Å². The van der Waals surface area contributed by atoms with E-state index in [9.17, 15) is 4.79 Å². The van der Waals surface area contributed by atoms with Crippen LogP contribution in [0.5, 0.6) is 0 Å². The van der Waals surface area contributed by atoms with Crippen LogP contribution in [0.1, 0.15) is 24.3 Å². The zero-order chi connectivity index (χ0) is 21.8. The number of hydrogen-bond donors (Lipinski definition) is 1. The second-order valence-electron chi connectivity index (χ2n) is 7.52. The Kier molecular flexibility index (Phi) is 7.13. The summed E-state index contributed by atoms with van der Waals surface area (Å²) < 4.78 is 5.40. The Hall–Kier alpha value is -2.12. The van der Waals surface area contributed by atoms with Crippen molar-refractivity contribution in [1.29, 1.82) is 0 Å². The molecule has 0 unspecified atom stereocenters. The molecule has 0 atom stereocenters. The lowest BCUT2D eigenvalue weighted by atomic mass is 9.96. The zero-order valence-corrected chi connectivity index (χ0v) is 18.9. The number of aromatic nitrogens is 2. The fourth-order valence-electron chi connectivity index (χ4n) is 3.57. The molecular weight excluding hydrogens is 459 g/mol. The minimum atomic E-state index is -0.0189. The molecule has 3 aromatic rings. The summed E-state index contributed by atoms with van der Waals surface area (Å²) in [5.74, 6) is 1.13. The fourth-order valence-corrected chi connectivity index (χ4v) is 4.17. The van der Waals surface area contributed by atoms with Crippen molar-refractivity contribution < 1.29 is 9.32 Å². The van der Waals surface area contributed by atoms with E-state index in [0.717, 1.165) is 37.1 Å².